The molecule has 0 fully saturated rings. The summed E-state index contributed by atoms with van der Waals surface area (Å²) < 4.78 is 19.9. The van der Waals surface area contributed by atoms with E-state index in [1.54, 1.807) is 0 Å². The van der Waals surface area contributed by atoms with Crippen molar-refractivity contribution >= 4 is 10.8 Å². The maximum atomic E-state index is 13.5. The maximum Gasteiger partial charge on any atom is 0.177 e. The second-order valence-corrected chi connectivity index (χ2v) is 7.26. The highest BCUT2D eigenvalue weighted by Crippen LogP contribution is 2.42. The molecule has 1 N–H and O–H groups in total. The molecule has 4 aromatic carbocycles. The molecule has 28 heavy (non-hydrogen) atoms. The van der Waals surface area contributed by atoms with Crippen LogP contribution in [0.15, 0.2) is 84.9 Å². The number of rotatable bonds is 2. The van der Waals surface area contributed by atoms with Gasteiger partial charge in [0.05, 0.1) is 6.04 Å². The van der Waals surface area contributed by atoms with Gasteiger partial charge in [0.1, 0.15) is 11.6 Å². The molecule has 0 radical (unpaired) electrons. The van der Waals surface area contributed by atoms with E-state index in [-0.39, 0.29) is 18.1 Å². The molecule has 2 nitrogen and oxygen atoms in total. The predicted octanol–water partition coefficient (Wildman–Crippen LogP) is 6.06. The third kappa shape index (κ3) is 2.94. The Morgan fingerprint density at radius 1 is 0.786 bits per heavy atom. The molecule has 3 heteroatoms. The lowest BCUT2D eigenvalue weighted by Gasteiger charge is -2.35. The van der Waals surface area contributed by atoms with Crippen LogP contribution in [0.3, 0.4) is 0 Å². The zero-order valence-electron chi connectivity index (χ0n) is 15.5. The summed E-state index contributed by atoms with van der Waals surface area (Å²) in [5.74, 6) is 0.626. The number of benzene rings is 4. The Morgan fingerprint density at radius 3 is 2.29 bits per heavy atom. The van der Waals surface area contributed by atoms with Crippen molar-refractivity contribution in [1.82, 2.24) is 5.32 Å². The Balaban J connectivity index is 1.67. The largest absolute Gasteiger partial charge is 0.471 e. The fraction of sp³-hybridized carbons (Fsp3) is 0.120. The summed E-state index contributed by atoms with van der Waals surface area (Å²) in [5, 5.41) is 5.93. The number of halogens is 1. The van der Waals surface area contributed by atoms with Crippen molar-refractivity contribution in [3.8, 4) is 5.75 Å². The topological polar surface area (TPSA) is 21.3 Å². The van der Waals surface area contributed by atoms with Crippen LogP contribution in [0.25, 0.3) is 10.8 Å². The molecule has 0 aromatic heterocycles. The summed E-state index contributed by atoms with van der Waals surface area (Å²) in [6.45, 7) is 2.07. The molecule has 0 amide bonds. The smallest absolute Gasteiger partial charge is 0.177 e. The Kier molecular flexibility index (Phi) is 4.10. The van der Waals surface area contributed by atoms with Crippen molar-refractivity contribution in [3.63, 3.8) is 0 Å². The van der Waals surface area contributed by atoms with Crippen molar-refractivity contribution in [2.24, 2.45) is 0 Å². The molecular weight excluding hydrogens is 349 g/mol. The molecule has 1 aliphatic heterocycles. The molecule has 0 unspecified atom stereocenters. The standard InChI is InChI=1S/C25H20FNO/c1-16-6-8-19(9-7-16)25-27-24(18-10-13-20(26)14-11-18)23-21-5-3-2-4-17(21)12-15-22(23)28-25/h2-15,24-25,27H,1H3/t24-,25+/m0/s1. The predicted molar refractivity (Wildman–Crippen MR) is 110 cm³/mol. The summed E-state index contributed by atoms with van der Waals surface area (Å²) >= 11 is 0. The van der Waals surface area contributed by atoms with Crippen molar-refractivity contribution in [2.75, 3.05) is 0 Å². The van der Waals surface area contributed by atoms with E-state index >= 15 is 0 Å². The molecule has 138 valence electrons. The van der Waals surface area contributed by atoms with Crippen LogP contribution in [-0.4, -0.2) is 0 Å². The van der Waals surface area contributed by atoms with Crippen LogP contribution in [0.5, 0.6) is 5.75 Å². The average molecular weight is 369 g/mol. The maximum absolute atomic E-state index is 13.5. The van der Waals surface area contributed by atoms with Crippen molar-refractivity contribution in [1.29, 1.82) is 0 Å². The van der Waals surface area contributed by atoms with Gasteiger partial charge in [-0.3, -0.25) is 5.32 Å². The summed E-state index contributed by atoms with van der Waals surface area (Å²) in [7, 11) is 0. The van der Waals surface area contributed by atoms with Crippen molar-refractivity contribution in [3.05, 3.63) is 113 Å². The lowest BCUT2D eigenvalue weighted by molar-refractivity contribution is 0.133. The van der Waals surface area contributed by atoms with Gasteiger partial charge in [0.15, 0.2) is 6.23 Å². The van der Waals surface area contributed by atoms with Crippen LogP contribution in [0.2, 0.25) is 0 Å². The first kappa shape index (κ1) is 17.0. The normalized spacial score (nSPS) is 18.5. The molecule has 0 saturated carbocycles. The van der Waals surface area contributed by atoms with Crippen LogP contribution in [0.1, 0.15) is 34.5 Å². The molecule has 1 heterocycles. The molecule has 1 aliphatic rings. The Morgan fingerprint density at radius 2 is 1.50 bits per heavy atom. The number of aryl methyl sites for hydroxylation is 1. The van der Waals surface area contributed by atoms with Gasteiger partial charge >= 0.3 is 0 Å². The minimum atomic E-state index is -0.274. The number of nitrogens with one attached hydrogen (secondary N) is 1. The van der Waals surface area contributed by atoms with Gasteiger partial charge in [0, 0.05) is 11.1 Å². The minimum Gasteiger partial charge on any atom is -0.471 e. The van der Waals surface area contributed by atoms with Crippen LogP contribution in [0.4, 0.5) is 4.39 Å². The number of fused-ring (bicyclic) bond motifs is 3. The first-order chi connectivity index (χ1) is 13.7. The van der Waals surface area contributed by atoms with Crippen LogP contribution in [-0.2, 0) is 0 Å². The van der Waals surface area contributed by atoms with E-state index in [2.05, 4.69) is 54.7 Å². The highest BCUT2D eigenvalue weighted by molar-refractivity contribution is 5.89. The highest BCUT2D eigenvalue weighted by atomic mass is 19.1. The van der Waals surface area contributed by atoms with E-state index < -0.39 is 0 Å². The zero-order valence-corrected chi connectivity index (χ0v) is 15.5. The van der Waals surface area contributed by atoms with Gasteiger partial charge in [-0.05, 0) is 41.5 Å². The second-order valence-electron chi connectivity index (χ2n) is 7.26. The van der Waals surface area contributed by atoms with Crippen molar-refractivity contribution in [2.45, 2.75) is 19.2 Å². The van der Waals surface area contributed by atoms with Gasteiger partial charge in [-0.1, -0.05) is 72.3 Å². The van der Waals surface area contributed by atoms with E-state index in [0.29, 0.717) is 0 Å². The Hall–Kier alpha value is -3.17. The number of hydrogen-bond donors (Lipinski definition) is 1. The molecule has 0 spiro atoms. The average Bonchev–Trinajstić information content (AvgIpc) is 2.74. The quantitative estimate of drug-likeness (QED) is 0.464. The number of ether oxygens (including phenoxy) is 1. The summed E-state index contributed by atoms with van der Waals surface area (Å²) in [6, 6.07) is 27.4. The molecule has 0 aliphatic carbocycles. The van der Waals surface area contributed by atoms with Gasteiger partial charge in [-0.2, -0.15) is 0 Å². The van der Waals surface area contributed by atoms with Gasteiger partial charge in [-0.25, -0.2) is 4.39 Å². The van der Waals surface area contributed by atoms with Crippen LogP contribution < -0.4 is 10.1 Å². The fourth-order valence-corrected chi connectivity index (χ4v) is 3.90. The van der Waals surface area contributed by atoms with E-state index in [1.165, 1.54) is 17.7 Å². The molecule has 2 atom stereocenters. The molecule has 0 bridgehead atoms. The Bertz CT molecular complexity index is 1140. The molecule has 4 aromatic rings. The third-order valence-electron chi connectivity index (χ3n) is 5.37. The summed E-state index contributed by atoms with van der Waals surface area (Å²) in [5.41, 5.74) is 4.38. The molecular formula is C25H20FNO. The monoisotopic (exact) mass is 369 g/mol. The van der Waals surface area contributed by atoms with Gasteiger partial charge in [0.25, 0.3) is 0 Å². The summed E-state index contributed by atoms with van der Waals surface area (Å²) in [6.07, 6.45) is -0.274. The van der Waals surface area contributed by atoms with Crippen LogP contribution in [0, 0.1) is 12.7 Å². The van der Waals surface area contributed by atoms with Gasteiger partial charge in [0.2, 0.25) is 0 Å². The highest BCUT2D eigenvalue weighted by Gasteiger charge is 2.31. The lowest BCUT2D eigenvalue weighted by Crippen LogP contribution is -2.35. The number of hydrogen-bond acceptors (Lipinski definition) is 2. The SMILES string of the molecule is Cc1ccc([C@@H]2N[C@@H](c3ccc(F)cc3)c3c(ccc4ccccc34)O2)cc1. The van der Waals surface area contributed by atoms with Crippen molar-refractivity contribution < 1.29 is 9.13 Å². The fourth-order valence-electron chi connectivity index (χ4n) is 3.90. The van der Waals surface area contributed by atoms with Gasteiger partial charge in [-0.15, -0.1) is 0 Å². The first-order valence-electron chi connectivity index (χ1n) is 9.45. The van der Waals surface area contributed by atoms with Gasteiger partial charge < -0.3 is 4.74 Å². The third-order valence-corrected chi connectivity index (χ3v) is 5.37. The summed E-state index contributed by atoms with van der Waals surface area (Å²) in [4.78, 5) is 0. The second kappa shape index (κ2) is 6.77. The van der Waals surface area contributed by atoms with E-state index in [9.17, 15) is 4.39 Å². The molecule has 5 rings (SSSR count). The van der Waals surface area contributed by atoms with E-state index in [4.69, 9.17) is 4.74 Å². The lowest BCUT2D eigenvalue weighted by atomic mass is 9.91. The Labute approximate surface area is 163 Å². The minimum absolute atomic E-state index is 0.0956. The van der Waals surface area contributed by atoms with Crippen LogP contribution >= 0.6 is 0 Å². The van der Waals surface area contributed by atoms with E-state index in [1.807, 2.05) is 30.3 Å². The van der Waals surface area contributed by atoms with E-state index in [0.717, 1.165) is 33.2 Å². The molecule has 0 saturated heterocycles. The first-order valence-corrected chi connectivity index (χ1v) is 9.45. The zero-order chi connectivity index (χ0) is 19.1.